The number of aryl methyl sites for hydroxylation is 1. The smallest absolute Gasteiger partial charge is 0.221 e. The number of thiazole rings is 1. The van der Waals surface area contributed by atoms with Crippen LogP contribution < -0.4 is 10.6 Å². The van der Waals surface area contributed by atoms with Crippen molar-refractivity contribution in [3.63, 3.8) is 0 Å². The second-order valence-corrected chi connectivity index (χ2v) is 5.81. The van der Waals surface area contributed by atoms with Gasteiger partial charge < -0.3 is 10.6 Å². The number of amides is 1. The Morgan fingerprint density at radius 1 is 1.44 bits per heavy atom. The maximum Gasteiger partial charge on any atom is 0.221 e. The predicted octanol–water partition coefficient (Wildman–Crippen LogP) is 2.27. The third-order valence-corrected chi connectivity index (χ3v) is 3.87. The van der Waals surface area contributed by atoms with Gasteiger partial charge in [0.15, 0.2) is 0 Å². The maximum absolute atomic E-state index is 11.5. The van der Waals surface area contributed by atoms with E-state index in [0.717, 1.165) is 11.4 Å². The van der Waals surface area contributed by atoms with Gasteiger partial charge in [0.2, 0.25) is 5.91 Å². The summed E-state index contributed by atoms with van der Waals surface area (Å²) in [5.74, 6) is 0.0954. The Bertz CT molecular complexity index is 376. The lowest BCUT2D eigenvalue weighted by Crippen LogP contribution is -2.33. The van der Waals surface area contributed by atoms with Crippen LogP contribution in [0.2, 0.25) is 0 Å². The lowest BCUT2D eigenvalue weighted by molar-refractivity contribution is -0.121. The van der Waals surface area contributed by atoms with Crippen LogP contribution in [0.1, 0.15) is 50.0 Å². The van der Waals surface area contributed by atoms with Crippen molar-refractivity contribution in [2.45, 2.75) is 52.6 Å². The highest BCUT2D eigenvalue weighted by atomic mass is 32.1. The number of nitrogens with one attached hydrogen (secondary N) is 2. The zero-order valence-corrected chi connectivity index (χ0v) is 12.4. The summed E-state index contributed by atoms with van der Waals surface area (Å²) in [6.07, 6.45) is 3.47. The lowest BCUT2D eigenvalue weighted by atomic mass is 10.3. The van der Waals surface area contributed by atoms with Crippen molar-refractivity contribution in [1.29, 1.82) is 0 Å². The van der Waals surface area contributed by atoms with Crippen LogP contribution in [-0.4, -0.2) is 23.5 Å². The van der Waals surface area contributed by atoms with Crippen molar-refractivity contribution in [2.75, 3.05) is 6.54 Å². The van der Waals surface area contributed by atoms with E-state index in [-0.39, 0.29) is 18.0 Å². The SMILES string of the molecule is CCc1cnc(C(C)NCCC(=O)NC(C)C)s1. The molecule has 0 aliphatic carbocycles. The summed E-state index contributed by atoms with van der Waals surface area (Å²) < 4.78 is 0. The van der Waals surface area contributed by atoms with Crippen LogP contribution in [0.4, 0.5) is 0 Å². The molecule has 1 unspecified atom stereocenters. The van der Waals surface area contributed by atoms with E-state index < -0.39 is 0 Å². The molecule has 2 N–H and O–H groups in total. The molecule has 0 aromatic carbocycles. The molecule has 1 heterocycles. The average molecular weight is 269 g/mol. The molecular weight excluding hydrogens is 246 g/mol. The van der Waals surface area contributed by atoms with E-state index in [1.54, 1.807) is 11.3 Å². The van der Waals surface area contributed by atoms with Gasteiger partial charge in [-0.05, 0) is 27.2 Å². The molecule has 18 heavy (non-hydrogen) atoms. The van der Waals surface area contributed by atoms with Gasteiger partial charge >= 0.3 is 0 Å². The molecule has 1 atom stereocenters. The van der Waals surface area contributed by atoms with Crippen molar-refractivity contribution in [3.8, 4) is 0 Å². The highest BCUT2D eigenvalue weighted by Gasteiger charge is 2.10. The predicted molar refractivity (Wildman–Crippen MR) is 75.8 cm³/mol. The van der Waals surface area contributed by atoms with Gasteiger partial charge in [0, 0.05) is 30.1 Å². The molecule has 4 nitrogen and oxygen atoms in total. The number of nitrogens with zero attached hydrogens (tertiary/aromatic N) is 1. The Balaban J connectivity index is 2.28. The summed E-state index contributed by atoms with van der Waals surface area (Å²) in [7, 11) is 0. The Kier molecular flexibility index (Phi) is 6.29. The molecule has 1 aromatic heterocycles. The number of carbonyl (C=O) groups is 1. The Labute approximate surface area is 113 Å². The van der Waals surface area contributed by atoms with Crippen molar-refractivity contribution in [3.05, 3.63) is 16.1 Å². The minimum Gasteiger partial charge on any atom is -0.354 e. The standard InChI is InChI=1S/C13H23N3OS/c1-5-11-8-15-13(18-11)10(4)14-7-6-12(17)16-9(2)3/h8-10,14H,5-7H2,1-4H3,(H,16,17). The molecule has 1 amide bonds. The summed E-state index contributed by atoms with van der Waals surface area (Å²) in [4.78, 5) is 17.1. The first-order valence-electron chi connectivity index (χ1n) is 6.50. The van der Waals surface area contributed by atoms with Gasteiger partial charge in [-0.3, -0.25) is 4.79 Å². The zero-order chi connectivity index (χ0) is 13.5. The lowest BCUT2D eigenvalue weighted by Gasteiger charge is -2.12. The summed E-state index contributed by atoms with van der Waals surface area (Å²) in [6.45, 7) is 8.83. The van der Waals surface area contributed by atoms with Crippen LogP contribution in [-0.2, 0) is 11.2 Å². The van der Waals surface area contributed by atoms with Crippen LogP contribution >= 0.6 is 11.3 Å². The largest absolute Gasteiger partial charge is 0.354 e. The molecule has 0 saturated heterocycles. The van der Waals surface area contributed by atoms with Crippen molar-refractivity contribution >= 4 is 17.2 Å². The first-order valence-corrected chi connectivity index (χ1v) is 7.32. The average Bonchev–Trinajstić information content (AvgIpc) is 2.76. The fourth-order valence-electron chi connectivity index (χ4n) is 1.57. The Hall–Kier alpha value is -0.940. The van der Waals surface area contributed by atoms with E-state index in [1.165, 1.54) is 4.88 Å². The second-order valence-electron chi connectivity index (χ2n) is 4.67. The van der Waals surface area contributed by atoms with Gasteiger partial charge in [-0.25, -0.2) is 4.98 Å². The Morgan fingerprint density at radius 3 is 2.72 bits per heavy atom. The number of carbonyl (C=O) groups excluding carboxylic acids is 1. The van der Waals surface area contributed by atoms with E-state index in [2.05, 4.69) is 29.5 Å². The van der Waals surface area contributed by atoms with Crippen molar-refractivity contribution in [1.82, 2.24) is 15.6 Å². The third kappa shape index (κ3) is 5.14. The van der Waals surface area contributed by atoms with Gasteiger partial charge in [-0.15, -0.1) is 11.3 Å². The molecule has 0 aliphatic heterocycles. The van der Waals surface area contributed by atoms with Gasteiger partial charge in [0.25, 0.3) is 0 Å². The molecule has 0 fully saturated rings. The fourth-order valence-corrected chi connectivity index (χ4v) is 2.45. The van der Waals surface area contributed by atoms with Crippen LogP contribution in [0, 0.1) is 0 Å². The normalized spacial score (nSPS) is 12.7. The van der Waals surface area contributed by atoms with E-state index in [9.17, 15) is 4.79 Å². The van der Waals surface area contributed by atoms with E-state index in [1.807, 2.05) is 20.0 Å². The highest BCUT2D eigenvalue weighted by Crippen LogP contribution is 2.19. The summed E-state index contributed by atoms with van der Waals surface area (Å²) in [5.41, 5.74) is 0. The summed E-state index contributed by atoms with van der Waals surface area (Å²) in [5, 5.41) is 7.30. The van der Waals surface area contributed by atoms with E-state index in [4.69, 9.17) is 0 Å². The number of aromatic nitrogens is 1. The van der Waals surface area contributed by atoms with Crippen LogP contribution in [0.3, 0.4) is 0 Å². The number of hydrogen-bond acceptors (Lipinski definition) is 4. The van der Waals surface area contributed by atoms with Crippen molar-refractivity contribution < 1.29 is 4.79 Å². The molecule has 0 radical (unpaired) electrons. The number of rotatable bonds is 7. The molecule has 0 aliphatic rings. The van der Waals surface area contributed by atoms with Gasteiger partial charge in [-0.2, -0.15) is 0 Å². The monoisotopic (exact) mass is 269 g/mol. The summed E-state index contributed by atoms with van der Waals surface area (Å²) in [6, 6.07) is 0.420. The summed E-state index contributed by atoms with van der Waals surface area (Å²) >= 11 is 1.74. The molecule has 0 saturated carbocycles. The molecule has 5 heteroatoms. The first-order chi connectivity index (χ1) is 8.52. The number of hydrogen-bond donors (Lipinski definition) is 2. The molecule has 102 valence electrons. The maximum atomic E-state index is 11.5. The molecular formula is C13H23N3OS. The van der Waals surface area contributed by atoms with Crippen molar-refractivity contribution in [2.24, 2.45) is 0 Å². The topological polar surface area (TPSA) is 54.0 Å². The van der Waals surface area contributed by atoms with E-state index in [0.29, 0.717) is 13.0 Å². The fraction of sp³-hybridized carbons (Fsp3) is 0.692. The Morgan fingerprint density at radius 2 is 2.17 bits per heavy atom. The molecule has 1 rings (SSSR count). The van der Waals surface area contributed by atoms with E-state index >= 15 is 0 Å². The van der Waals surface area contributed by atoms with Gasteiger partial charge in [0.05, 0.1) is 6.04 Å². The highest BCUT2D eigenvalue weighted by molar-refractivity contribution is 7.11. The molecule has 0 spiro atoms. The van der Waals surface area contributed by atoms with Gasteiger partial charge in [-0.1, -0.05) is 6.92 Å². The quantitative estimate of drug-likeness (QED) is 0.798. The zero-order valence-electron chi connectivity index (χ0n) is 11.6. The molecule has 0 bridgehead atoms. The molecule has 1 aromatic rings. The van der Waals surface area contributed by atoms with Crippen LogP contribution in [0.5, 0.6) is 0 Å². The third-order valence-electron chi connectivity index (χ3n) is 2.54. The second kappa shape index (κ2) is 7.48. The van der Waals surface area contributed by atoms with Crippen LogP contribution in [0.25, 0.3) is 0 Å². The van der Waals surface area contributed by atoms with Gasteiger partial charge in [0.1, 0.15) is 5.01 Å². The minimum absolute atomic E-state index is 0.0954. The minimum atomic E-state index is 0.0954. The first kappa shape index (κ1) is 15.1. The van der Waals surface area contributed by atoms with Crippen LogP contribution in [0.15, 0.2) is 6.20 Å².